The van der Waals surface area contributed by atoms with E-state index in [0.29, 0.717) is 0 Å². The molecular formula is C11H9N7O6S. The first-order valence-corrected chi connectivity index (χ1v) is 8.38. The molecule has 0 spiro atoms. The summed E-state index contributed by atoms with van der Waals surface area (Å²) in [6.07, 6.45) is 3.37. The molecule has 3 rings (SSSR count). The maximum Gasteiger partial charge on any atom is 0.348 e. The molecule has 0 saturated carbocycles. The number of fused-ring (bicyclic) bond motifs is 1. The maximum atomic E-state index is 12.4. The fourth-order valence-corrected chi connectivity index (χ4v) is 2.65. The fourth-order valence-electron chi connectivity index (χ4n) is 2.16. The largest absolute Gasteiger partial charge is 0.348 e. The molecule has 0 aliphatic carbocycles. The summed E-state index contributed by atoms with van der Waals surface area (Å²) < 4.78 is 23.9. The summed E-state index contributed by atoms with van der Waals surface area (Å²) in [5, 5.41) is 18.3. The molecular weight excluding hydrogens is 358 g/mol. The molecule has 0 fully saturated rings. The van der Waals surface area contributed by atoms with E-state index in [4.69, 9.17) is 0 Å². The number of nitrogens with zero attached hydrogens (tertiary/aromatic N) is 5. The van der Waals surface area contributed by atoms with Crippen LogP contribution in [0.15, 0.2) is 34.1 Å². The molecule has 2 aromatic heterocycles. The lowest BCUT2D eigenvalue weighted by Gasteiger charge is -2.08. The van der Waals surface area contributed by atoms with E-state index in [2.05, 4.69) is 15.3 Å². The summed E-state index contributed by atoms with van der Waals surface area (Å²) in [5.41, 5.74) is -2.73. The van der Waals surface area contributed by atoms with Crippen LogP contribution in [0.4, 0.5) is 5.69 Å². The summed E-state index contributed by atoms with van der Waals surface area (Å²) in [4.78, 5) is 38.9. The van der Waals surface area contributed by atoms with Gasteiger partial charge in [-0.3, -0.25) is 14.9 Å². The van der Waals surface area contributed by atoms with Crippen molar-refractivity contribution >= 4 is 26.6 Å². The quantitative estimate of drug-likeness (QED) is 0.421. The monoisotopic (exact) mass is 367 g/mol. The second-order valence-corrected chi connectivity index (χ2v) is 6.65. The molecule has 130 valence electrons. The van der Waals surface area contributed by atoms with Gasteiger partial charge in [0, 0.05) is 6.07 Å². The van der Waals surface area contributed by atoms with Gasteiger partial charge in [-0.25, -0.2) is 22.7 Å². The Morgan fingerprint density at radius 3 is 2.60 bits per heavy atom. The van der Waals surface area contributed by atoms with Gasteiger partial charge in [0.15, 0.2) is 0 Å². The van der Waals surface area contributed by atoms with Crippen molar-refractivity contribution in [3.05, 3.63) is 55.5 Å². The third kappa shape index (κ3) is 2.97. The van der Waals surface area contributed by atoms with Crippen molar-refractivity contribution in [2.45, 2.75) is 0 Å². The molecule has 1 aromatic carbocycles. The van der Waals surface area contributed by atoms with Gasteiger partial charge in [0.05, 0.1) is 34.5 Å². The van der Waals surface area contributed by atoms with Gasteiger partial charge in [-0.05, 0) is 6.07 Å². The van der Waals surface area contributed by atoms with Gasteiger partial charge in [-0.1, -0.05) is 5.21 Å². The second-order valence-electron chi connectivity index (χ2n) is 4.93. The Morgan fingerprint density at radius 1 is 1.32 bits per heavy atom. The van der Waals surface area contributed by atoms with E-state index in [0.717, 1.165) is 23.1 Å². The molecule has 0 unspecified atom stereocenters. The van der Waals surface area contributed by atoms with Gasteiger partial charge in [0.2, 0.25) is 10.0 Å². The van der Waals surface area contributed by atoms with E-state index in [1.807, 2.05) is 0 Å². The van der Waals surface area contributed by atoms with Crippen LogP contribution in [0.25, 0.3) is 16.6 Å². The van der Waals surface area contributed by atoms with Crippen LogP contribution < -0.4 is 16.1 Å². The first kappa shape index (κ1) is 16.3. The van der Waals surface area contributed by atoms with Crippen molar-refractivity contribution in [3.63, 3.8) is 0 Å². The summed E-state index contributed by atoms with van der Waals surface area (Å²) in [7, 11) is -3.91. The Hall–Kier alpha value is -3.55. The molecule has 25 heavy (non-hydrogen) atoms. The second kappa shape index (κ2) is 5.52. The van der Waals surface area contributed by atoms with Crippen LogP contribution >= 0.6 is 0 Å². The van der Waals surface area contributed by atoms with Gasteiger partial charge >= 0.3 is 5.69 Å². The van der Waals surface area contributed by atoms with E-state index in [-0.39, 0.29) is 21.3 Å². The summed E-state index contributed by atoms with van der Waals surface area (Å²) in [5.74, 6) is 0. The first-order valence-electron chi connectivity index (χ1n) is 6.49. The highest BCUT2D eigenvalue weighted by atomic mass is 32.2. The van der Waals surface area contributed by atoms with Gasteiger partial charge < -0.3 is 4.98 Å². The number of aromatic nitrogens is 5. The zero-order valence-electron chi connectivity index (χ0n) is 12.4. The average molecular weight is 367 g/mol. The lowest BCUT2D eigenvalue weighted by Crippen LogP contribution is -2.43. The third-order valence-electron chi connectivity index (χ3n) is 3.12. The van der Waals surface area contributed by atoms with Crippen LogP contribution in [-0.2, 0) is 10.0 Å². The summed E-state index contributed by atoms with van der Waals surface area (Å²) in [6, 6.07) is 2.10. The van der Waals surface area contributed by atoms with Gasteiger partial charge in [-0.2, -0.15) is 4.68 Å². The first-order chi connectivity index (χ1) is 11.7. The van der Waals surface area contributed by atoms with Crippen LogP contribution in [0.3, 0.4) is 0 Å². The number of sulfonamides is 1. The minimum absolute atomic E-state index is 0.0787. The van der Waals surface area contributed by atoms with Gasteiger partial charge in [0.1, 0.15) is 5.69 Å². The Bertz CT molecular complexity index is 1210. The molecule has 14 heteroatoms. The SMILES string of the molecule is CS(=O)(=O)Nn1c(=O)[nH]c2cc([N+](=O)[O-])c(-n3ccnn3)cc2c1=O. The normalized spacial score (nSPS) is 11.6. The molecule has 0 aliphatic rings. The fraction of sp³-hybridized carbons (Fsp3) is 0.0909. The predicted octanol–water partition coefficient (Wildman–Crippen LogP) is -1.32. The number of hydrogen-bond donors (Lipinski definition) is 2. The Morgan fingerprint density at radius 2 is 2.04 bits per heavy atom. The minimum atomic E-state index is -3.91. The van der Waals surface area contributed by atoms with Crippen molar-refractivity contribution in [3.8, 4) is 5.69 Å². The number of nitrogens with one attached hydrogen (secondary N) is 2. The molecule has 0 bridgehead atoms. The zero-order chi connectivity index (χ0) is 18.4. The molecule has 13 nitrogen and oxygen atoms in total. The lowest BCUT2D eigenvalue weighted by molar-refractivity contribution is -0.384. The number of nitro benzene ring substituents is 1. The summed E-state index contributed by atoms with van der Waals surface area (Å²) >= 11 is 0. The topological polar surface area (TPSA) is 175 Å². The smallest absolute Gasteiger partial charge is 0.305 e. The van der Waals surface area contributed by atoms with Crippen molar-refractivity contribution in [1.29, 1.82) is 0 Å². The molecule has 0 saturated heterocycles. The minimum Gasteiger partial charge on any atom is -0.305 e. The van der Waals surface area contributed by atoms with E-state index >= 15 is 0 Å². The third-order valence-corrected chi connectivity index (χ3v) is 3.63. The number of rotatable bonds is 4. The zero-order valence-corrected chi connectivity index (χ0v) is 13.2. The average Bonchev–Trinajstić information content (AvgIpc) is 3.03. The number of aromatic amines is 1. The molecule has 0 atom stereocenters. The molecule has 2 heterocycles. The number of hydrogen-bond acceptors (Lipinski definition) is 8. The Kier molecular flexibility index (Phi) is 3.60. The standard InChI is InChI=1S/C11H9N7O6S/c1-25(23,24)15-17-10(19)6-4-8(16-3-2-12-14-16)9(18(21)22)5-7(6)13-11(17)20/h2-5,15H,1H3,(H,13,20). The van der Waals surface area contributed by atoms with Crippen molar-refractivity contribution in [1.82, 2.24) is 24.7 Å². The van der Waals surface area contributed by atoms with E-state index in [9.17, 15) is 28.1 Å². The van der Waals surface area contributed by atoms with Crippen LogP contribution in [-0.4, -0.2) is 44.3 Å². The molecule has 3 aromatic rings. The predicted molar refractivity (Wildman–Crippen MR) is 84.6 cm³/mol. The Balaban J connectivity index is 2.39. The number of benzene rings is 1. The highest BCUT2D eigenvalue weighted by molar-refractivity contribution is 7.91. The van der Waals surface area contributed by atoms with E-state index in [1.54, 1.807) is 4.83 Å². The highest BCUT2D eigenvalue weighted by Gasteiger charge is 2.21. The van der Waals surface area contributed by atoms with E-state index < -0.39 is 31.9 Å². The van der Waals surface area contributed by atoms with Crippen LogP contribution in [0.2, 0.25) is 0 Å². The van der Waals surface area contributed by atoms with Gasteiger partial charge in [-0.15, -0.1) is 5.10 Å². The molecule has 0 amide bonds. The van der Waals surface area contributed by atoms with Crippen molar-refractivity contribution < 1.29 is 13.3 Å². The van der Waals surface area contributed by atoms with E-state index in [1.165, 1.54) is 12.4 Å². The molecule has 2 N–H and O–H groups in total. The molecule has 0 aliphatic heterocycles. The van der Waals surface area contributed by atoms with Crippen molar-refractivity contribution in [2.24, 2.45) is 0 Å². The highest BCUT2D eigenvalue weighted by Crippen LogP contribution is 2.25. The number of H-pyrrole nitrogens is 1. The summed E-state index contributed by atoms with van der Waals surface area (Å²) in [6.45, 7) is 0. The van der Waals surface area contributed by atoms with Crippen LogP contribution in [0.5, 0.6) is 0 Å². The number of nitro groups is 1. The van der Waals surface area contributed by atoms with Gasteiger partial charge in [0.25, 0.3) is 11.2 Å². The maximum absolute atomic E-state index is 12.4. The lowest BCUT2D eigenvalue weighted by atomic mass is 10.2. The molecule has 0 radical (unpaired) electrons. The van der Waals surface area contributed by atoms with Crippen molar-refractivity contribution in [2.75, 3.05) is 11.1 Å². The van der Waals surface area contributed by atoms with Crippen LogP contribution in [0.1, 0.15) is 0 Å². The van der Waals surface area contributed by atoms with Crippen LogP contribution in [0, 0.1) is 10.1 Å². The Labute approximate surface area is 137 Å².